The number of nitrogens with one attached hydrogen (secondary N) is 2. The van der Waals surface area contributed by atoms with Crippen molar-refractivity contribution < 1.29 is 13.9 Å². The van der Waals surface area contributed by atoms with E-state index in [1.807, 2.05) is 6.92 Å². The quantitative estimate of drug-likeness (QED) is 0.708. The van der Waals surface area contributed by atoms with Crippen LogP contribution >= 0.6 is 23.1 Å². The van der Waals surface area contributed by atoms with Crippen molar-refractivity contribution in [3.05, 3.63) is 30.1 Å². The number of anilines is 2. The van der Waals surface area contributed by atoms with Gasteiger partial charge in [0, 0.05) is 13.2 Å². The third-order valence-electron chi connectivity index (χ3n) is 2.67. The number of carbonyl (C=O) groups excluding carboxylic acids is 1. The van der Waals surface area contributed by atoms with E-state index in [4.69, 9.17) is 4.74 Å². The highest BCUT2D eigenvalue weighted by atomic mass is 32.2. The first kappa shape index (κ1) is 17.6. The van der Waals surface area contributed by atoms with Gasteiger partial charge in [-0.25, -0.2) is 4.39 Å². The van der Waals surface area contributed by atoms with Crippen molar-refractivity contribution in [1.29, 1.82) is 0 Å². The van der Waals surface area contributed by atoms with Gasteiger partial charge in [0.25, 0.3) is 0 Å². The Labute approximate surface area is 141 Å². The number of nitrogens with zero attached hydrogens (tertiary/aromatic N) is 2. The number of benzene rings is 1. The van der Waals surface area contributed by atoms with E-state index in [9.17, 15) is 9.18 Å². The SMILES string of the molecule is COC[C@H](C)NC(=O)CSc1nnc(Nc2ccccc2F)s1. The molecule has 1 amide bonds. The molecule has 1 aromatic carbocycles. The maximum absolute atomic E-state index is 13.5. The molecule has 0 aliphatic rings. The van der Waals surface area contributed by atoms with E-state index in [0.717, 1.165) is 0 Å². The van der Waals surface area contributed by atoms with Crippen LogP contribution in [0.3, 0.4) is 0 Å². The van der Waals surface area contributed by atoms with Crippen LogP contribution in [0.15, 0.2) is 28.6 Å². The molecule has 2 aromatic rings. The molecule has 0 aliphatic heterocycles. The van der Waals surface area contributed by atoms with Crippen LogP contribution < -0.4 is 10.6 Å². The largest absolute Gasteiger partial charge is 0.383 e. The zero-order valence-electron chi connectivity index (χ0n) is 12.7. The minimum absolute atomic E-state index is 0.0409. The number of carbonyl (C=O) groups is 1. The molecule has 0 spiro atoms. The lowest BCUT2D eigenvalue weighted by atomic mass is 10.3. The highest BCUT2D eigenvalue weighted by Gasteiger charge is 2.11. The fourth-order valence-corrected chi connectivity index (χ4v) is 3.31. The highest BCUT2D eigenvalue weighted by Crippen LogP contribution is 2.28. The van der Waals surface area contributed by atoms with Gasteiger partial charge in [0.05, 0.1) is 18.0 Å². The van der Waals surface area contributed by atoms with Crippen molar-refractivity contribution in [3.63, 3.8) is 0 Å². The van der Waals surface area contributed by atoms with Gasteiger partial charge in [-0.3, -0.25) is 4.79 Å². The zero-order chi connectivity index (χ0) is 16.7. The van der Waals surface area contributed by atoms with Crippen LogP contribution in [0.1, 0.15) is 6.92 Å². The lowest BCUT2D eigenvalue weighted by molar-refractivity contribution is -0.119. The molecule has 0 bridgehead atoms. The number of hydrogen-bond donors (Lipinski definition) is 2. The Morgan fingerprint density at radius 2 is 2.22 bits per heavy atom. The molecule has 1 heterocycles. The maximum atomic E-state index is 13.5. The van der Waals surface area contributed by atoms with Gasteiger partial charge in [-0.15, -0.1) is 10.2 Å². The van der Waals surface area contributed by atoms with Gasteiger partial charge in [0.2, 0.25) is 11.0 Å². The molecular weight excluding hydrogens is 339 g/mol. The Morgan fingerprint density at radius 1 is 1.43 bits per heavy atom. The average Bonchev–Trinajstić information content (AvgIpc) is 2.95. The highest BCUT2D eigenvalue weighted by molar-refractivity contribution is 8.01. The Bertz CT molecular complexity index is 653. The fraction of sp³-hybridized carbons (Fsp3) is 0.357. The topological polar surface area (TPSA) is 76.1 Å². The second-order valence-electron chi connectivity index (χ2n) is 4.69. The number of aromatic nitrogens is 2. The Balaban J connectivity index is 1.83. The van der Waals surface area contributed by atoms with E-state index in [2.05, 4.69) is 20.8 Å². The number of amides is 1. The van der Waals surface area contributed by atoms with Crippen molar-refractivity contribution in [2.45, 2.75) is 17.3 Å². The van der Waals surface area contributed by atoms with Crippen molar-refractivity contribution in [2.75, 3.05) is 24.8 Å². The molecule has 0 unspecified atom stereocenters. The summed E-state index contributed by atoms with van der Waals surface area (Å²) in [5, 5.41) is 14.1. The Morgan fingerprint density at radius 3 is 2.96 bits per heavy atom. The van der Waals surface area contributed by atoms with E-state index in [1.165, 1.54) is 29.2 Å². The number of hydrogen-bond acceptors (Lipinski definition) is 7. The van der Waals surface area contributed by atoms with Crippen LogP contribution in [0.25, 0.3) is 0 Å². The number of methoxy groups -OCH3 is 1. The molecule has 1 atom stereocenters. The van der Waals surface area contributed by atoms with E-state index in [1.54, 1.807) is 25.3 Å². The zero-order valence-corrected chi connectivity index (χ0v) is 14.3. The molecule has 23 heavy (non-hydrogen) atoms. The predicted octanol–water partition coefficient (Wildman–Crippen LogP) is 2.66. The number of ether oxygens (including phenoxy) is 1. The smallest absolute Gasteiger partial charge is 0.230 e. The standard InChI is InChI=1S/C14H17FN4O2S2/c1-9(7-21-2)16-12(20)8-22-14-19-18-13(23-14)17-11-6-4-3-5-10(11)15/h3-6,9H,7-8H2,1-2H3,(H,16,20)(H,17,18)/t9-/m0/s1. The number of thioether (sulfide) groups is 1. The van der Waals surface area contributed by atoms with Gasteiger partial charge in [0.15, 0.2) is 4.34 Å². The fourth-order valence-electron chi connectivity index (χ4n) is 1.73. The van der Waals surface area contributed by atoms with Gasteiger partial charge in [-0.2, -0.15) is 0 Å². The van der Waals surface area contributed by atoms with Gasteiger partial charge < -0.3 is 15.4 Å². The molecule has 0 aliphatic carbocycles. The van der Waals surface area contributed by atoms with Gasteiger partial charge in [0.1, 0.15) is 5.82 Å². The molecule has 0 radical (unpaired) electrons. The normalized spacial score (nSPS) is 12.0. The molecule has 1 aromatic heterocycles. The van der Waals surface area contributed by atoms with Crippen molar-refractivity contribution in [1.82, 2.24) is 15.5 Å². The molecule has 6 nitrogen and oxygen atoms in total. The van der Waals surface area contributed by atoms with Gasteiger partial charge in [-0.1, -0.05) is 35.2 Å². The van der Waals surface area contributed by atoms with E-state index in [-0.39, 0.29) is 23.5 Å². The molecule has 124 valence electrons. The monoisotopic (exact) mass is 356 g/mol. The van der Waals surface area contributed by atoms with Crippen molar-refractivity contribution in [3.8, 4) is 0 Å². The first-order chi connectivity index (χ1) is 11.1. The number of rotatable bonds is 8. The van der Waals surface area contributed by atoms with E-state index < -0.39 is 0 Å². The summed E-state index contributed by atoms with van der Waals surface area (Å²) < 4.78 is 19.1. The van der Waals surface area contributed by atoms with Crippen molar-refractivity contribution in [2.24, 2.45) is 0 Å². The second kappa shape index (κ2) is 8.80. The predicted molar refractivity (Wildman–Crippen MR) is 89.8 cm³/mol. The number of para-hydroxylation sites is 1. The molecular formula is C14H17FN4O2S2. The minimum Gasteiger partial charge on any atom is -0.383 e. The summed E-state index contributed by atoms with van der Waals surface area (Å²) in [4.78, 5) is 11.7. The molecule has 9 heteroatoms. The summed E-state index contributed by atoms with van der Waals surface area (Å²) in [5.74, 6) is -0.218. The average molecular weight is 356 g/mol. The maximum Gasteiger partial charge on any atom is 0.230 e. The molecule has 2 rings (SSSR count). The Kier molecular flexibility index (Phi) is 6.75. The van der Waals surface area contributed by atoms with Crippen LogP contribution in [-0.4, -0.2) is 41.6 Å². The summed E-state index contributed by atoms with van der Waals surface area (Å²) >= 11 is 2.55. The lowest BCUT2D eigenvalue weighted by Gasteiger charge is -2.11. The van der Waals surface area contributed by atoms with E-state index >= 15 is 0 Å². The van der Waals surface area contributed by atoms with Crippen LogP contribution in [0.2, 0.25) is 0 Å². The van der Waals surface area contributed by atoms with Crippen LogP contribution in [0.5, 0.6) is 0 Å². The first-order valence-electron chi connectivity index (χ1n) is 6.84. The molecule has 0 fully saturated rings. The summed E-state index contributed by atoms with van der Waals surface area (Å²) in [6.07, 6.45) is 0. The summed E-state index contributed by atoms with van der Waals surface area (Å²) in [6.45, 7) is 2.33. The van der Waals surface area contributed by atoms with Gasteiger partial charge in [-0.05, 0) is 19.1 Å². The first-order valence-corrected chi connectivity index (χ1v) is 8.65. The van der Waals surface area contributed by atoms with Crippen LogP contribution in [0, 0.1) is 5.82 Å². The molecule has 2 N–H and O–H groups in total. The number of halogens is 1. The van der Waals surface area contributed by atoms with Crippen molar-refractivity contribution >= 4 is 39.8 Å². The molecule has 0 saturated carbocycles. The second-order valence-corrected chi connectivity index (χ2v) is 6.89. The summed E-state index contributed by atoms with van der Waals surface area (Å²) in [6, 6.07) is 6.29. The van der Waals surface area contributed by atoms with Gasteiger partial charge >= 0.3 is 0 Å². The summed E-state index contributed by atoms with van der Waals surface area (Å²) in [7, 11) is 1.59. The third-order valence-corrected chi connectivity index (χ3v) is 4.64. The van der Waals surface area contributed by atoms with Crippen LogP contribution in [-0.2, 0) is 9.53 Å². The summed E-state index contributed by atoms with van der Waals surface area (Å²) in [5.41, 5.74) is 0.339. The van der Waals surface area contributed by atoms with E-state index in [0.29, 0.717) is 21.8 Å². The Hall–Kier alpha value is -1.71. The third kappa shape index (κ3) is 5.77. The lowest BCUT2D eigenvalue weighted by Crippen LogP contribution is -2.36. The van der Waals surface area contributed by atoms with Crippen LogP contribution in [0.4, 0.5) is 15.2 Å². The minimum atomic E-state index is -0.358. The molecule has 0 saturated heterocycles.